The van der Waals surface area contributed by atoms with Crippen LogP contribution in [-0.2, 0) is 10.2 Å². The smallest absolute Gasteiger partial charge is 0.225 e. The number of hydrogen-bond donors (Lipinski definition) is 3. The number of nitrogens with one attached hydrogen (secondary N) is 3. The summed E-state index contributed by atoms with van der Waals surface area (Å²) in [5.74, 6) is 1.85. The molecule has 2 aromatic rings. The Morgan fingerprint density at radius 1 is 1.17 bits per heavy atom. The molecule has 1 aliphatic carbocycles. The molecule has 0 bridgehead atoms. The highest BCUT2D eigenvalue weighted by Crippen LogP contribution is 2.47. The summed E-state index contributed by atoms with van der Waals surface area (Å²) in [6, 6.07) is 16.4. The number of anilines is 1. The molecular formula is C23H29IN4O2. The van der Waals surface area contributed by atoms with Gasteiger partial charge in [-0.3, -0.25) is 9.79 Å². The zero-order chi connectivity index (χ0) is 20.3. The minimum absolute atomic E-state index is 0. The minimum Gasteiger partial charge on any atom is -0.497 e. The van der Waals surface area contributed by atoms with Gasteiger partial charge in [0.1, 0.15) is 5.75 Å². The second kappa shape index (κ2) is 9.68. The number of para-hydroxylation sites is 1. The number of methoxy groups -OCH3 is 1. The molecule has 7 heteroatoms. The van der Waals surface area contributed by atoms with Crippen molar-refractivity contribution in [3.05, 3.63) is 59.7 Å². The molecule has 1 saturated carbocycles. The van der Waals surface area contributed by atoms with Crippen LogP contribution in [-0.4, -0.2) is 39.1 Å². The van der Waals surface area contributed by atoms with E-state index in [1.807, 2.05) is 30.3 Å². The maximum atomic E-state index is 12.0. The summed E-state index contributed by atoms with van der Waals surface area (Å²) < 4.78 is 5.27. The Hall–Kier alpha value is -2.29. The summed E-state index contributed by atoms with van der Waals surface area (Å²) in [6.45, 7) is 1.50. The minimum atomic E-state index is 0. The van der Waals surface area contributed by atoms with Crippen LogP contribution in [0.3, 0.4) is 0 Å². The number of halogens is 1. The molecule has 0 aromatic heterocycles. The maximum Gasteiger partial charge on any atom is 0.225 e. The molecule has 4 rings (SSSR count). The Balaban J connectivity index is 0.00000256. The lowest BCUT2D eigenvalue weighted by molar-refractivity contribution is -0.116. The number of carbonyl (C=O) groups excluding carboxylic acids is 1. The molecule has 3 N–H and O–H groups in total. The standard InChI is InChI=1S/C23H28N4O2.HI/c1-24-22(25-14-16-13-21(28)27-20-6-4-3-5-19(16)20)26-15-23(11-12-23)17-7-9-18(29-2)10-8-17;/h3-10,16H,11-15H2,1-2H3,(H,27,28)(H2,24,25,26);1H. The number of rotatable bonds is 6. The lowest BCUT2D eigenvalue weighted by Gasteiger charge is -2.26. The van der Waals surface area contributed by atoms with Crippen molar-refractivity contribution in [1.29, 1.82) is 0 Å². The molecule has 0 radical (unpaired) electrons. The second-order valence-electron chi connectivity index (χ2n) is 7.85. The van der Waals surface area contributed by atoms with Crippen LogP contribution in [0.25, 0.3) is 0 Å². The van der Waals surface area contributed by atoms with E-state index < -0.39 is 0 Å². The van der Waals surface area contributed by atoms with Gasteiger partial charge in [0.2, 0.25) is 5.91 Å². The fourth-order valence-electron chi connectivity index (χ4n) is 4.04. The van der Waals surface area contributed by atoms with Crippen LogP contribution in [0.15, 0.2) is 53.5 Å². The quantitative estimate of drug-likeness (QED) is 0.309. The summed E-state index contributed by atoms with van der Waals surface area (Å²) in [5.41, 5.74) is 3.59. The Morgan fingerprint density at radius 2 is 1.90 bits per heavy atom. The zero-order valence-corrected chi connectivity index (χ0v) is 19.7. The predicted octanol–water partition coefficient (Wildman–Crippen LogP) is 3.64. The van der Waals surface area contributed by atoms with Gasteiger partial charge in [-0.05, 0) is 42.2 Å². The van der Waals surface area contributed by atoms with Crippen LogP contribution in [0.5, 0.6) is 5.75 Å². The number of hydrogen-bond acceptors (Lipinski definition) is 3. The van der Waals surface area contributed by atoms with Crippen molar-refractivity contribution in [3.8, 4) is 5.75 Å². The molecule has 1 fully saturated rings. The molecule has 1 atom stereocenters. The first-order valence-electron chi connectivity index (χ1n) is 10.1. The van der Waals surface area contributed by atoms with Crippen molar-refractivity contribution < 1.29 is 9.53 Å². The van der Waals surface area contributed by atoms with Gasteiger partial charge < -0.3 is 20.7 Å². The van der Waals surface area contributed by atoms with Gasteiger partial charge >= 0.3 is 0 Å². The molecule has 1 heterocycles. The van der Waals surface area contributed by atoms with Gasteiger partial charge in [0.15, 0.2) is 5.96 Å². The van der Waals surface area contributed by atoms with E-state index in [-0.39, 0.29) is 41.2 Å². The topological polar surface area (TPSA) is 74.8 Å². The monoisotopic (exact) mass is 520 g/mol. The number of nitrogens with zero attached hydrogens (tertiary/aromatic N) is 1. The average Bonchev–Trinajstić information content (AvgIpc) is 3.55. The molecule has 30 heavy (non-hydrogen) atoms. The molecule has 1 aliphatic heterocycles. The number of ether oxygens (including phenoxy) is 1. The van der Waals surface area contributed by atoms with Gasteiger partial charge in [-0.1, -0.05) is 30.3 Å². The van der Waals surface area contributed by atoms with Crippen molar-refractivity contribution in [2.45, 2.75) is 30.6 Å². The van der Waals surface area contributed by atoms with Gasteiger partial charge in [-0.25, -0.2) is 0 Å². The number of guanidine groups is 1. The molecule has 1 amide bonds. The third kappa shape index (κ3) is 4.88. The highest BCUT2D eigenvalue weighted by molar-refractivity contribution is 14.0. The van der Waals surface area contributed by atoms with Crippen LogP contribution in [0, 0.1) is 0 Å². The summed E-state index contributed by atoms with van der Waals surface area (Å²) >= 11 is 0. The van der Waals surface area contributed by atoms with Crippen LogP contribution >= 0.6 is 24.0 Å². The average molecular weight is 520 g/mol. The zero-order valence-electron chi connectivity index (χ0n) is 17.4. The molecule has 6 nitrogen and oxygen atoms in total. The van der Waals surface area contributed by atoms with Gasteiger partial charge in [0.25, 0.3) is 0 Å². The first-order chi connectivity index (χ1) is 14.1. The molecule has 0 spiro atoms. The Labute approximate surface area is 194 Å². The first-order valence-corrected chi connectivity index (χ1v) is 10.1. The van der Waals surface area contributed by atoms with Crippen molar-refractivity contribution in [2.75, 3.05) is 32.6 Å². The highest BCUT2D eigenvalue weighted by atomic mass is 127. The lowest BCUT2D eigenvalue weighted by Crippen LogP contribution is -2.43. The first kappa shape index (κ1) is 22.4. The number of benzene rings is 2. The second-order valence-corrected chi connectivity index (χ2v) is 7.85. The van der Waals surface area contributed by atoms with Crippen LogP contribution in [0.1, 0.15) is 36.3 Å². The molecule has 160 valence electrons. The SMILES string of the molecule is CN=C(NCC1CC(=O)Nc2ccccc21)NCC1(c2ccc(OC)cc2)CC1.I. The number of carbonyl (C=O) groups is 1. The summed E-state index contributed by atoms with van der Waals surface area (Å²) in [7, 11) is 3.47. The fraction of sp³-hybridized carbons (Fsp3) is 0.391. The van der Waals surface area contributed by atoms with E-state index in [1.54, 1.807) is 14.2 Å². The van der Waals surface area contributed by atoms with E-state index in [1.165, 1.54) is 24.0 Å². The van der Waals surface area contributed by atoms with Crippen molar-refractivity contribution in [1.82, 2.24) is 10.6 Å². The van der Waals surface area contributed by atoms with E-state index in [4.69, 9.17) is 4.74 Å². The van der Waals surface area contributed by atoms with E-state index in [9.17, 15) is 4.79 Å². The normalized spacial score (nSPS) is 19.1. The number of fused-ring (bicyclic) bond motifs is 1. The predicted molar refractivity (Wildman–Crippen MR) is 131 cm³/mol. The third-order valence-corrected chi connectivity index (χ3v) is 6.00. The van der Waals surface area contributed by atoms with E-state index in [0.717, 1.165) is 23.9 Å². The molecular weight excluding hydrogens is 491 g/mol. The third-order valence-electron chi connectivity index (χ3n) is 6.00. The largest absolute Gasteiger partial charge is 0.497 e. The van der Waals surface area contributed by atoms with Crippen molar-refractivity contribution >= 4 is 41.5 Å². The van der Waals surface area contributed by atoms with Crippen molar-refractivity contribution in [3.63, 3.8) is 0 Å². The van der Waals surface area contributed by atoms with E-state index in [2.05, 4.69) is 39.1 Å². The summed E-state index contributed by atoms with van der Waals surface area (Å²) in [4.78, 5) is 16.4. The molecule has 1 unspecified atom stereocenters. The van der Waals surface area contributed by atoms with Crippen LogP contribution in [0.2, 0.25) is 0 Å². The Morgan fingerprint density at radius 3 is 2.57 bits per heavy atom. The van der Waals surface area contributed by atoms with Crippen molar-refractivity contribution in [2.24, 2.45) is 4.99 Å². The number of aliphatic imine (C=N–C) groups is 1. The number of amides is 1. The van der Waals surface area contributed by atoms with Gasteiger partial charge in [0.05, 0.1) is 7.11 Å². The highest BCUT2D eigenvalue weighted by Gasteiger charge is 2.44. The summed E-state index contributed by atoms with van der Waals surface area (Å²) in [6.07, 6.45) is 2.82. The molecule has 2 aromatic carbocycles. The molecule has 2 aliphatic rings. The van der Waals surface area contributed by atoms with E-state index in [0.29, 0.717) is 13.0 Å². The van der Waals surface area contributed by atoms with Crippen LogP contribution in [0.4, 0.5) is 5.69 Å². The van der Waals surface area contributed by atoms with Gasteiger partial charge in [-0.2, -0.15) is 0 Å². The van der Waals surface area contributed by atoms with Gasteiger partial charge in [0, 0.05) is 43.6 Å². The van der Waals surface area contributed by atoms with E-state index >= 15 is 0 Å². The molecule has 0 saturated heterocycles. The van der Waals surface area contributed by atoms with Crippen LogP contribution < -0.4 is 20.7 Å². The Bertz CT molecular complexity index is 910. The summed E-state index contributed by atoms with van der Waals surface area (Å²) in [5, 5.41) is 9.84. The lowest BCUT2D eigenvalue weighted by atomic mass is 9.90. The fourth-order valence-corrected chi connectivity index (χ4v) is 4.04. The Kier molecular flexibility index (Phi) is 7.23. The maximum absolute atomic E-state index is 12.0. The van der Waals surface area contributed by atoms with Gasteiger partial charge in [-0.15, -0.1) is 24.0 Å².